The first-order valence-electron chi connectivity index (χ1n) is 5.11. The number of hydrogen-bond donors (Lipinski definition) is 1. The smallest absolute Gasteiger partial charge is 0.124 e. The summed E-state index contributed by atoms with van der Waals surface area (Å²) in [6.45, 7) is 1.94. The molecule has 1 fully saturated rings. The Labute approximate surface area is 84.6 Å². The van der Waals surface area contributed by atoms with Gasteiger partial charge >= 0.3 is 0 Å². The summed E-state index contributed by atoms with van der Waals surface area (Å²) in [4.78, 5) is 6.79. The summed E-state index contributed by atoms with van der Waals surface area (Å²) in [6, 6.07) is 0.532. The summed E-state index contributed by atoms with van der Waals surface area (Å²) >= 11 is 0. The third-order valence-electron chi connectivity index (χ3n) is 2.79. The molecule has 0 radical (unpaired) electrons. The summed E-state index contributed by atoms with van der Waals surface area (Å²) in [5, 5.41) is 2.95. The van der Waals surface area contributed by atoms with E-state index in [4.69, 9.17) is 4.74 Å². The van der Waals surface area contributed by atoms with Gasteiger partial charge in [0.2, 0.25) is 0 Å². The van der Waals surface area contributed by atoms with Crippen molar-refractivity contribution in [2.24, 2.45) is 4.99 Å². The van der Waals surface area contributed by atoms with Gasteiger partial charge in [-0.1, -0.05) is 0 Å². The molecule has 0 bridgehead atoms. The zero-order chi connectivity index (χ0) is 9.80. The van der Waals surface area contributed by atoms with E-state index in [1.807, 2.05) is 6.20 Å². The second kappa shape index (κ2) is 4.57. The Bertz CT molecular complexity index is 228. The van der Waals surface area contributed by atoms with Crippen molar-refractivity contribution >= 4 is 6.34 Å². The van der Waals surface area contributed by atoms with Gasteiger partial charge in [0, 0.05) is 25.9 Å². The third kappa shape index (κ3) is 1.96. The lowest BCUT2D eigenvalue weighted by Crippen LogP contribution is -2.40. The molecule has 2 atom stereocenters. The third-order valence-corrected chi connectivity index (χ3v) is 2.79. The summed E-state index contributed by atoms with van der Waals surface area (Å²) in [5.74, 6) is 0. The minimum absolute atomic E-state index is 0.207. The highest BCUT2D eigenvalue weighted by molar-refractivity contribution is 5.57. The number of aliphatic imine (C=N–C) groups is 1. The quantitative estimate of drug-likeness (QED) is 0.715. The number of nitrogens with one attached hydrogen (secondary N) is 1. The molecule has 1 saturated heterocycles. The first kappa shape index (κ1) is 9.68. The zero-order valence-electron chi connectivity index (χ0n) is 8.52. The van der Waals surface area contributed by atoms with Crippen LogP contribution in [0.2, 0.25) is 0 Å². The minimum atomic E-state index is 0.207. The normalized spacial score (nSPS) is 32.1. The fourth-order valence-electron chi connectivity index (χ4n) is 2.13. The molecular weight excluding hydrogens is 178 g/mol. The van der Waals surface area contributed by atoms with Gasteiger partial charge in [-0.05, 0) is 18.9 Å². The molecule has 0 aromatic heterocycles. The van der Waals surface area contributed by atoms with E-state index in [2.05, 4.69) is 21.3 Å². The van der Waals surface area contributed by atoms with Gasteiger partial charge in [-0.15, -0.1) is 0 Å². The van der Waals surface area contributed by atoms with Crippen molar-refractivity contribution in [2.75, 3.05) is 20.3 Å². The van der Waals surface area contributed by atoms with E-state index in [0.717, 1.165) is 13.2 Å². The highest BCUT2D eigenvalue weighted by atomic mass is 16.5. The van der Waals surface area contributed by atoms with Crippen LogP contribution >= 0.6 is 0 Å². The first-order chi connectivity index (χ1) is 6.92. The van der Waals surface area contributed by atoms with Gasteiger partial charge in [0.1, 0.15) is 6.17 Å². The molecule has 4 nitrogen and oxygen atoms in total. The molecule has 78 valence electrons. The molecule has 2 aliphatic heterocycles. The number of hydrogen-bond acceptors (Lipinski definition) is 4. The van der Waals surface area contributed by atoms with E-state index in [-0.39, 0.29) is 6.17 Å². The summed E-state index contributed by atoms with van der Waals surface area (Å²) < 4.78 is 5.21. The average molecular weight is 195 g/mol. The number of nitrogens with zero attached hydrogens (tertiary/aromatic N) is 2. The van der Waals surface area contributed by atoms with Gasteiger partial charge < -0.3 is 10.1 Å². The van der Waals surface area contributed by atoms with Crippen LogP contribution in [0.15, 0.2) is 17.3 Å². The van der Waals surface area contributed by atoms with Crippen LogP contribution in [-0.2, 0) is 4.74 Å². The summed E-state index contributed by atoms with van der Waals surface area (Å²) in [7, 11) is 1.76. The number of methoxy groups -OCH3 is 1. The SMILES string of the molecule is COCC1CCCN1C1C=CNC=N1. The zero-order valence-corrected chi connectivity index (χ0v) is 8.52. The maximum absolute atomic E-state index is 5.21. The minimum Gasteiger partial charge on any atom is -0.383 e. The van der Waals surface area contributed by atoms with E-state index in [1.165, 1.54) is 12.8 Å². The molecule has 14 heavy (non-hydrogen) atoms. The fourth-order valence-corrected chi connectivity index (χ4v) is 2.13. The van der Waals surface area contributed by atoms with Crippen LogP contribution in [-0.4, -0.2) is 43.7 Å². The molecule has 0 amide bonds. The maximum Gasteiger partial charge on any atom is 0.124 e. The highest BCUT2D eigenvalue weighted by Crippen LogP contribution is 2.21. The Kier molecular flexibility index (Phi) is 3.16. The van der Waals surface area contributed by atoms with Gasteiger partial charge in [0.05, 0.1) is 12.9 Å². The highest BCUT2D eigenvalue weighted by Gasteiger charge is 2.29. The van der Waals surface area contributed by atoms with E-state index in [1.54, 1.807) is 13.4 Å². The summed E-state index contributed by atoms with van der Waals surface area (Å²) in [5.41, 5.74) is 0. The van der Waals surface area contributed by atoms with Gasteiger partial charge in [-0.3, -0.25) is 9.89 Å². The molecule has 0 aliphatic carbocycles. The number of rotatable bonds is 3. The summed E-state index contributed by atoms with van der Waals surface area (Å²) in [6.07, 6.45) is 8.47. The largest absolute Gasteiger partial charge is 0.383 e. The average Bonchev–Trinajstić information content (AvgIpc) is 2.68. The van der Waals surface area contributed by atoms with Crippen LogP contribution in [0.4, 0.5) is 0 Å². The Balaban J connectivity index is 1.97. The lowest BCUT2D eigenvalue weighted by Gasteiger charge is -2.29. The van der Waals surface area contributed by atoms with Gasteiger partial charge in [0.15, 0.2) is 0 Å². The fraction of sp³-hybridized carbons (Fsp3) is 0.700. The van der Waals surface area contributed by atoms with Crippen molar-refractivity contribution in [3.63, 3.8) is 0 Å². The molecule has 1 N–H and O–H groups in total. The predicted octanol–water partition coefficient (Wildman–Crippen LogP) is 0.569. The van der Waals surface area contributed by atoms with Crippen molar-refractivity contribution in [2.45, 2.75) is 25.0 Å². The Morgan fingerprint density at radius 3 is 3.29 bits per heavy atom. The van der Waals surface area contributed by atoms with Crippen molar-refractivity contribution in [3.8, 4) is 0 Å². The molecule has 4 heteroatoms. The second-order valence-corrected chi connectivity index (χ2v) is 3.71. The first-order valence-corrected chi connectivity index (χ1v) is 5.11. The molecule has 0 aromatic rings. The molecule has 2 rings (SSSR count). The molecule has 0 saturated carbocycles. The van der Waals surface area contributed by atoms with Gasteiger partial charge in [-0.25, -0.2) is 0 Å². The lowest BCUT2D eigenvalue weighted by atomic mass is 10.2. The predicted molar refractivity (Wildman–Crippen MR) is 56.2 cm³/mol. The lowest BCUT2D eigenvalue weighted by molar-refractivity contribution is 0.102. The number of likely N-dealkylation sites (tertiary alicyclic amines) is 1. The molecule has 2 unspecified atom stereocenters. The standard InChI is InChI=1S/C10H17N3O/c1-14-7-9-3-2-6-13(9)10-4-5-11-8-12-10/h4-5,8-10H,2-3,6-7H2,1H3,(H,11,12). The molecule has 2 aliphatic rings. The van der Waals surface area contributed by atoms with Crippen molar-refractivity contribution in [1.82, 2.24) is 10.2 Å². The molecular formula is C10H17N3O. The van der Waals surface area contributed by atoms with Crippen LogP contribution < -0.4 is 5.32 Å². The molecule has 0 spiro atoms. The molecule has 0 aromatic carbocycles. The van der Waals surface area contributed by atoms with Crippen molar-refractivity contribution in [3.05, 3.63) is 12.3 Å². The second-order valence-electron chi connectivity index (χ2n) is 3.71. The topological polar surface area (TPSA) is 36.9 Å². The molecule has 2 heterocycles. The van der Waals surface area contributed by atoms with E-state index in [0.29, 0.717) is 6.04 Å². The number of ether oxygens (including phenoxy) is 1. The van der Waals surface area contributed by atoms with Crippen LogP contribution in [0.25, 0.3) is 0 Å². The Morgan fingerprint density at radius 1 is 1.64 bits per heavy atom. The van der Waals surface area contributed by atoms with Crippen LogP contribution in [0.5, 0.6) is 0 Å². The van der Waals surface area contributed by atoms with E-state index >= 15 is 0 Å². The van der Waals surface area contributed by atoms with Crippen molar-refractivity contribution in [1.29, 1.82) is 0 Å². The van der Waals surface area contributed by atoms with Gasteiger partial charge in [-0.2, -0.15) is 0 Å². The van der Waals surface area contributed by atoms with Crippen LogP contribution in [0.3, 0.4) is 0 Å². The van der Waals surface area contributed by atoms with Crippen molar-refractivity contribution < 1.29 is 4.74 Å². The monoisotopic (exact) mass is 195 g/mol. The van der Waals surface area contributed by atoms with E-state index < -0.39 is 0 Å². The van der Waals surface area contributed by atoms with Gasteiger partial charge in [0.25, 0.3) is 0 Å². The maximum atomic E-state index is 5.21. The Hall–Kier alpha value is -0.870. The van der Waals surface area contributed by atoms with Crippen LogP contribution in [0, 0.1) is 0 Å². The van der Waals surface area contributed by atoms with E-state index in [9.17, 15) is 0 Å². The van der Waals surface area contributed by atoms with Crippen LogP contribution in [0.1, 0.15) is 12.8 Å². The Morgan fingerprint density at radius 2 is 2.57 bits per heavy atom.